The summed E-state index contributed by atoms with van der Waals surface area (Å²) in [5.74, 6) is 2.53. The Bertz CT molecular complexity index is 618. The third-order valence-electron chi connectivity index (χ3n) is 4.84. The highest BCUT2D eigenvalue weighted by Gasteiger charge is 2.32. The molecule has 6 nitrogen and oxygen atoms in total. The SMILES string of the molecule is CN=C(NCC1(SC)CCOCC1)N(C)Cc1ccc2c(c1)OCO2. The van der Waals surface area contributed by atoms with E-state index in [1.165, 1.54) is 5.56 Å². The molecule has 1 aromatic rings. The summed E-state index contributed by atoms with van der Waals surface area (Å²) in [5, 5.41) is 3.55. The molecule has 7 heteroatoms. The zero-order valence-electron chi connectivity index (χ0n) is 15.2. The van der Waals surface area contributed by atoms with Crippen molar-refractivity contribution in [3.8, 4) is 11.5 Å². The number of hydrogen-bond acceptors (Lipinski definition) is 5. The topological polar surface area (TPSA) is 55.3 Å². The van der Waals surface area contributed by atoms with Crippen molar-refractivity contribution in [2.24, 2.45) is 4.99 Å². The van der Waals surface area contributed by atoms with Gasteiger partial charge < -0.3 is 24.4 Å². The molecule has 1 aromatic carbocycles. The lowest BCUT2D eigenvalue weighted by Crippen LogP contribution is -2.48. The van der Waals surface area contributed by atoms with Gasteiger partial charge in [0.05, 0.1) is 0 Å². The molecule has 3 rings (SSSR count). The molecule has 0 spiro atoms. The molecule has 0 saturated carbocycles. The Kier molecular flexibility index (Phi) is 5.96. The van der Waals surface area contributed by atoms with Crippen LogP contribution in [0.3, 0.4) is 0 Å². The normalized spacial score (nSPS) is 18.9. The van der Waals surface area contributed by atoms with Crippen LogP contribution in [-0.4, -0.2) is 62.5 Å². The minimum Gasteiger partial charge on any atom is -0.454 e. The number of nitrogens with zero attached hydrogens (tertiary/aromatic N) is 2. The monoisotopic (exact) mass is 365 g/mol. The second kappa shape index (κ2) is 8.19. The summed E-state index contributed by atoms with van der Waals surface area (Å²) in [6.07, 6.45) is 4.33. The van der Waals surface area contributed by atoms with E-state index < -0.39 is 0 Å². The van der Waals surface area contributed by atoms with Crippen LogP contribution < -0.4 is 14.8 Å². The van der Waals surface area contributed by atoms with Crippen LogP contribution in [0.4, 0.5) is 0 Å². The maximum Gasteiger partial charge on any atom is 0.231 e. The predicted octanol–water partition coefficient (Wildman–Crippen LogP) is 2.33. The number of thioether (sulfide) groups is 1. The van der Waals surface area contributed by atoms with Crippen molar-refractivity contribution in [3.63, 3.8) is 0 Å². The standard InChI is InChI=1S/C18H27N3O3S/c1-19-17(20-12-18(25-3)6-8-22-9-7-18)21(2)11-14-4-5-15-16(10-14)24-13-23-15/h4-5,10H,6-9,11-13H2,1-3H3,(H,19,20). The van der Waals surface area contributed by atoms with Crippen molar-refractivity contribution in [1.29, 1.82) is 0 Å². The van der Waals surface area contributed by atoms with Gasteiger partial charge in [0.1, 0.15) is 0 Å². The molecule has 0 amide bonds. The maximum atomic E-state index is 5.52. The van der Waals surface area contributed by atoms with Gasteiger partial charge in [0.2, 0.25) is 6.79 Å². The molecule has 1 fully saturated rings. The molecule has 2 heterocycles. The summed E-state index contributed by atoms with van der Waals surface area (Å²) in [5.41, 5.74) is 1.17. The number of aliphatic imine (C=N–C) groups is 1. The minimum atomic E-state index is 0.230. The van der Waals surface area contributed by atoms with Crippen LogP contribution in [0.25, 0.3) is 0 Å². The van der Waals surface area contributed by atoms with E-state index in [1.54, 1.807) is 0 Å². The van der Waals surface area contributed by atoms with E-state index in [0.717, 1.165) is 56.6 Å². The lowest BCUT2D eigenvalue weighted by Gasteiger charge is -2.37. The molecule has 2 aliphatic rings. The molecule has 0 aliphatic carbocycles. The minimum absolute atomic E-state index is 0.230. The number of hydrogen-bond donors (Lipinski definition) is 1. The van der Waals surface area contributed by atoms with Crippen molar-refractivity contribution >= 4 is 17.7 Å². The fraction of sp³-hybridized carbons (Fsp3) is 0.611. The molecular formula is C18H27N3O3S. The molecule has 1 saturated heterocycles. The Morgan fingerprint density at radius 1 is 1.28 bits per heavy atom. The summed E-state index contributed by atoms with van der Waals surface area (Å²) in [6.45, 7) is 3.64. The van der Waals surface area contributed by atoms with E-state index in [2.05, 4.69) is 34.6 Å². The number of benzene rings is 1. The Balaban J connectivity index is 1.58. The largest absolute Gasteiger partial charge is 0.454 e. The highest BCUT2D eigenvalue weighted by molar-refractivity contribution is 8.00. The van der Waals surface area contributed by atoms with E-state index in [1.807, 2.05) is 30.9 Å². The van der Waals surface area contributed by atoms with Gasteiger partial charge in [0.15, 0.2) is 17.5 Å². The van der Waals surface area contributed by atoms with Crippen molar-refractivity contribution < 1.29 is 14.2 Å². The van der Waals surface area contributed by atoms with Crippen LogP contribution in [0.1, 0.15) is 18.4 Å². The smallest absolute Gasteiger partial charge is 0.231 e. The van der Waals surface area contributed by atoms with Gasteiger partial charge in [-0.1, -0.05) is 6.07 Å². The average Bonchev–Trinajstić information content (AvgIpc) is 3.11. The molecule has 0 atom stereocenters. The molecule has 0 radical (unpaired) electrons. The molecular weight excluding hydrogens is 338 g/mol. The summed E-state index contributed by atoms with van der Waals surface area (Å²) in [4.78, 5) is 6.57. The first kappa shape index (κ1) is 18.2. The lowest BCUT2D eigenvalue weighted by molar-refractivity contribution is 0.0781. The van der Waals surface area contributed by atoms with E-state index in [-0.39, 0.29) is 4.75 Å². The molecule has 0 bridgehead atoms. The van der Waals surface area contributed by atoms with E-state index in [4.69, 9.17) is 14.2 Å². The second-order valence-electron chi connectivity index (χ2n) is 6.44. The van der Waals surface area contributed by atoms with Gasteiger partial charge >= 0.3 is 0 Å². The van der Waals surface area contributed by atoms with Crippen LogP contribution in [0, 0.1) is 0 Å². The first-order valence-electron chi connectivity index (χ1n) is 8.59. The zero-order chi connectivity index (χ0) is 17.7. The highest BCUT2D eigenvalue weighted by Crippen LogP contribution is 2.34. The lowest BCUT2D eigenvalue weighted by atomic mass is 9.99. The number of guanidine groups is 1. The summed E-state index contributed by atoms with van der Waals surface area (Å²) < 4.78 is 16.6. The van der Waals surface area contributed by atoms with Crippen LogP contribution in [-0.2, 0) is 11.3 Å². The molecule has 0 unspecified atom stereocenters. The Hall–Kier alpha value is -1.60. The highest BCUT2D eigenvalue weighted by atomic mass is 32.2. The molecule has 25 heavy (non-hydrogen) atoms. The summed E-state index contributed by atoms with van der Waals surface area (Å²) >= 11 is 1.93. The van der Waals surface area contributed by atoms with E-state index in [0.29, 0.717) is 6.79 Å². The zero-order valence-corrected chi connectivity index (χ0v) is 16.0. The molecule has 1 N–H and O–H groups in total. The van der Waals surface area contributed by atoms with Crippen LogP contribution in [0.15, 0.2) is 23.2 Å². The third-order valence-corrected chi connectivity index (χ3v) is 6.25. The Morgan fingerprint density at radius 3 is 2.76 bits per heavy atom. The van der Waals surface area contributed by atoms with E-state index in [9.17, 15) is 0 Å². The fourth-order valence-electron chi connectivity index (χ4n) is 3.21. The van der Waals surface area contributed by atoms with Crippen molar-refractivity contribution in [3.05, 3.63) is 23.8 Å². The first-order valence-corrected chi connectivity index (χ1v) is 9.81. The summed E-state index contributed by atoms with van der Waals surface area (Å²) in [6, 6.07) is 6.07. The van der Waals surface area contributed by atoms with Gasteiger partial charge in [-0.25, -0.2) is 0 Å². The Labute approximate surface area is 153 Å². The van der Waals surface area contributed by atoms with Crippen molar-refractivity contribution in [2.45, 2.75) is 24.1 Å². The quantitative estimate of drug-likeness (QED) is 0.638. The number of rotatable bonds is 5. The van der Waals surface area contributed by atoms with Crippen LogP contribution >= 0.6 is 11.8 Å². The van der Waals surface area contributed by atoms with Crippen LogP contribution in [0.2, 0.25) is 0 Å². The number of nitrogens with one attached hydrogen (secondary N) is 1. The van der Waals surface area contributed by atoms with Gasteiger partial charge in [-0.2, -0.15) is 11.8 Å². The third kappa shape index (κ3) is 4.33. The van der Waals surface area contributed by atoms with Crippen molar-refractivity contribution in [2.75, 3.05) is 46.9 Å². The number of fused-ring (bicyclic) bond motifs is 1. The van der Waals surface area contributed by atoms with Gasteiger partial charge in [0.25, 0.3) is 0 Å². The molecule has 2 aliphatic heterocycles. The Morgan fingerprint density at radius 2 is 2.04 bits per heavy atom. The van der Waals surface area contributed by atoms with Gasteiger partial charge in [0, 0.05) is 45.1 Å². The van der Waals surface area contributed by atoms with Gasteiger partial charge in [-0.05, 0) is 36.8 Å². The predicted molar refractivity (Wildman–Crippen MR) is 102 cm³/mol. The molecule has 138 valence electrons. The average molecular weight is 365 g/mol. The molecule has 0 aromatic heterocycles. The maximum absolute atomic E-state index is 5.52. The van der Waals surface area contributed by atoms with Gasteiger partial charge in [-0.3, -0.25) is 4.99 Å². The number of ether oxygens (including phenoxy) is 3. The fourth-order valence-corrected chi connectivity index (χ4v) is 4.00. The van der Waals surface area contributed by atoms with E-state index >= 15 is 0 Å². The van der Waals surface area contributed by atoms with Crippen molar-refractivity contribution in [1.82, 2.24) is 10.2 Å². The second-order valence-corrected chi connectivity index (χ2v) is 7.72. The van der Waals surface area contributed by atoms with Gasteiger partial charge in [-0.15, -0.1) is 0 Å². The van der Waals surface area contributed by atoms with Crippen LogP contribution in [0.5, 0.6) is 11.5 Å². The summed E-state index contributed by atoms with van der Waals surface area (Å²) in [7, 11) is 3.88. The first-order chi connectivity index (χ1) is 12.2.